The number of H-pyrrole nitrogens is 2. The van der Waals surface area contributed by atoms with Crippen molar-refractivity contribution >= 4 is 0 Å². The molecular weight excluding hydrogens is 198 g/mol. The molecule has 15 heavy (non-hydrogen) atoms. The van der Waals surface area contributed by atoms with E-state index in [1.165, 1.54) is 12.7 Å². The van der Waals surface area contributed by atoms with Gasteiger partial charge in [-0.1, -0.05) is 0 Å². The first-order valence-electron chi connectivity index (χ1n) is 3.92. The Morgan fingerprint density at radius 2 is 1.27 bits per heavy atom. The van der Waals surface area contributed by atoms with Crippen molar-refractivity contribution in [2.45, 2.75) is 0 Å². The maximum atomic E-state index is 4.47. The highest BCUT2D eigenvalue weighted by atomic mass is 16.3. The third kappa shape index (κ3) is 6.63. The van der Waals surface area contributed by atoms with E-state index >= 15 is 0 Å². The Morgan fingerprint density at radius 3 is 1.40 bits per heavy atom. The zero-order valence-corrected chi connectivity index (χ0v) is 7.69. The van der Waals surface area contributed by atoms with E-state index in [9.17, 15) is 0 Å². The van der Waals surface area contributed by atoms with Crippen molar-refractivity contribution in [3.8, 4) is 0 Å². The Bertz CT molecular complexity index is 251. The van der Waals surface area contributed by atoms with Gasteiger partial charge in [-0.05, 0) is 0 Å². The Hall–Kier alpha value is -2.51. The van der Waals surface area contributed by atoms with E-state index in [0.29, 0.717) is 0 Å². The molecule has 0 saturated carbocycles. The molecule has 0 amide bonds. The fourth-order valence-corrected chi connectivity index (χ4v) is 0.509. The van der Waals surface area contributed by atoms with Crippen molar-refractivity contribution < 1.29 is 4.42 Å². The molecule has 8 nitrogen and oxygen atoms in total. The van der Waals surface area contributed by atoms with Gasteiger partial charge in [-0.3, -0.25) is 0 Å². The summed E-state index contributed by atoms with van der Waals surface area (Å²) >= 11 is 0. The molecule has 3 aromatic heterocycles. The van der Waals surface area contributed by atoms with E-state index in [0.717, 1.165) is 0 Å². The van der Waals surface area contributed by atoms with Crippen LogP contribution in [-0.4, -0.2) is 35.8 Å². The van der Waals surface area contributed by atoms with E-state index in [1.807, 2.05) is 0 Å². The Kier molecular flexibility index (Phi) is 5.71. The number of aromatic amines is 2. The molecule has 0 saturated heterocycles. The van der Waals surface area contributed by atoms with Crippen LogP contribution in [-0.2, 0) is 0 Å². The van der Waals surface area contributed by atoms with Crippen LogP contribution in [0.1, 0.15) is 0 Å². The van der Waals surface area contributed by atoms with E-state index in [-0.39, 0.29) is 0 Å². The van der Waals surface area contributed by atoms with Gasteiger partial charge in [0.1, 0.15) is 6.26 Å². The van der Waals surface area contributed by atoms with E-state index in [2.05, 4.69) is 40.2 Å². The summed E-state index contributed by atoms with van der Waals surface area (Å²) < 4.78 is 4.47. The lowest BCUT2D eigenvalue weighted by Gasteiger charge is -1.48. The second kappa shape index (κ2) is 8.10. The van der Waals surface area contributed by atoms with Crippen molar-refractivity contribution in [2.75, 3.05) is 0 Å². The Morgan fingerprint density at radius 1 is 0.733 bits per heavy atom. The van der Waals surface area contributed by atoms with Crippen LogP contribution in [0, 0.1) is 0 Å². The summed E-state index contributed by atoms with van der Waals surface area (Å²) in [5.41, 5.74) is 0. The number of hydrogen-bond donors (Lipinski definition) is 2. The fraction of sp³-hybridized carbons (Fsp3) is 0. The SMILES string of the molecule is c1cn[nH]n1.c1cn[nH]n1.c1cocn1. The molecule has 3 aromatic rings. The predicted octanol–water partition coefficient (Wildman–Crippen LogP) is 0.284. The van der Waals surface area contributed by atoms with Crippen molar-refractivity contribution in [2.24, 2.45) is 0 Å². The van der Waals surface area contributed by atoms with E-state index < -0.39 is 0 Å². The quantitative estimate of drug-likeness (QED) is 0.548. The van der Waals surface area contributed by atoms with Gasteiger partial charge in [-0.2, -0.15) is 30.8 Å². The summed E-state index contributed by atoms with van der Waals surface area (Å²) in [6.45, 7) is 0. The molecule has 0 radical (unpaired) electrons. The summed E-state index contributed by atoms with van der Waals surface area (Å²) in [5.74, 6) is 0. The molecule has 3 heterocycles. The molecule has 0 atom stereocenters. The van der Waals surface area contributed by atoms with E-state index in [1.54, 1.807) is 31.0 Å². The minimum atomic E-state index is 1.38. The molecule has 0 aliphatic carbocycles. The van der Waals surface area contributed by atoms with Crippen molar-refractivity contribution in [3.63, 3.8) is 0 Å². The van der Waals surface area contributed by atoms with Gasteiger partial charge in [0.05, 0.1) is 31.0 Å². The normalized spacial score (nSPS) is 8.00. The van der Waals surface area contributed by atoms with Crippen molar-refractivity contribution in [1.82, 2.24) is 35.8 Å². The summed E-state index contributed by atoms with van der Waals surface area (Å²) in [4.78, 5) is 3.56. The largest absolute Gasteiger partial charge is 0.452 e. The second-order valence-electron chi connectivity index (χ2n) is 1.99. The molecule has 8 heteroatoms. The third-order valence-corrected chi connectivity index (χ3v) is 1.01. The van der Waals surface area contributed by atoms with Gasteiger partial charge in [0, 0.05) is 0 Å². The number of hydrogen-bond acceptors (Lipinski definition) is 6. The molecule has 0 fully saturated rings. The molecule has 3 rings (SSSR count). The van der Waals surface area contributed by atoms with Crippen molar-refractivity contribution in [3.05, 3.63) is 43.6 Å². The van der Waals surface area contributed by atoms with Crippen LogP contribution in [0.5, 0.6) is 0 Å². The number of nitrogens with one attached hydrogen (secondary N) is 2. The predicted molar refractivity (Wildman–Crippen MR) is 49.3 cm³/mol. The first-order chi connectivity index (χ1) is 7.50. The Balaban J connectivity index is 0.000000112. The van der Waals surface area contributed by atoms with Crippen LogP contribution in [0.2, 0.25) is 0 Å². The van der Waals surface area contributed by atoms with Gasteiger partial charge in [-0.15, -0.1) is 0 Å². The maximum absolute atomic E-state index is 4.47. The summed E-state index contributed by atoms with van der Waals surface area (Å²) in [7, 11) is 0. The van der Waals surface area contributed by atoms with Crippen LogP contribution in [0.3, 0.4) is 0 Å². The molecule has 0 aliphatic heterocycles. The molecule has 0 unspecified atom stereocenters. The molecule has 0 bridgehead atoms. The smallest absolute Gasteiger partial charge is 0.180 e. The van der Waals surface area contributed by atoms with Crippen LogP contribution in [0.25, 0.3) is 0 Å². The van der Waals surface area contributed by atoms with Crippen LogP contribution in [0.15, 0.2) is 48.1 Å². The fourth-order valence-electron chi connectivity index (χ4n) is 0.509. The molecule has 2 N–H and O–H groups in total. The highest BCUT2D eigenvalue weighted by Crippen LogP contribution is 1.72. The number of rotatable bonds is 0. The lowest BCUT2D eigenvalue weighted by molar-refractivity contribution is 0.558. The first kappa shape index (κ1) is 10.6. The minimum absolute atomic E-state index is 1.38. The zero-order chi connectivity index (χ0) is 10.6. The molecular formula is C7H9N7O. The second-order valence-corrected chi connectivity index (χ2v) is 1.99. The summed E-state index contributed by atoms with van der Waals surface area (Å²) in [6.07, 6.45) is 10.8. The monoisotopic (exact) mass is 207 g/mol. The summed E-state index contributed by atoms with van der Waals surface area (Å²) in [6, 6.07) is 0. The highest BCUT2D eigenvalue weighted by Gasteiger charge is 1.59. The van der Waals surface area contributed by atoms with Gasteiger partial charge >= 0.3 is 0 Å². The lowest BCUT2D eigenvalue weighted by Crippen LogP contribution is -1.61. The van der Waals surface area contributed by atoms with Gasteiger partial charge < -0.3 is 4.42 Å². The molecule has 0 aliphatic rings. The zero-order valence-electron chi connectivity index (χ0n) is 7.69. The number of nitrogens with zero attached hydrogens (tertiary/aromatic N) is 5. The topological polar surface area (TPSA) is 109 Å². The maximum Gasteiger partial charge on any atom is 0.180 e. The van der Waals surface area contributed by atoms with Crippen molar-refractivity contribution in [1.29, 1.82) is 0 Å². The van der Waals surface area contributed by atoms with E-state index in [4.69, 9.17) is 0 Å². The standard InChI is InChI=1S/C3H3NO.2C2H3N3/c1-2-5-3-4-1;2*1-2-4-5-3-1/h1-3H;2*1-2H,(H,3,4,5). The average Bonchev–Trinajstić information content (AvgIpc) is 3.09. The Labute approximate surface area is 84.7 Å². The van der Waals surface area contributed by atoms with Gasteiger partial charge in [0.2, 0.25) is 0 Å². The highest BCUT2D eigenvalue weighted by molar-refractivity contribution is 4.56. The number of oxazole rings is 1. The first-order valence-corrected chi connectivity index (χ1v) is 3.92. The summed E-state index contributed by atoms with van der Waals surface area (Å²) in [5, 5.41) is 18.7. The van der Waals surface area contributed by atoms with Gasteiger partial charge in [0.15, 0.2) is 6.39 Å². The number of aromatic nitrogens is 7. The van der Waals surface area contributed by atoms with Crippen LogP contribution in [0.4, 0.5) is 0 Å². The van der Waals surface area contributed by atoms with Gasteiger partial charge in [-0.25, -0.2) is 4.98 Å². The molecule has 78 valence electrons. The minimum Gasteiger partial charge on any atom is -0.452 e. The average molecular weight is 207 g/mol. The lowest BCUT2D eigenvalue weighted by atomic mass is 11.0. The molecule has 0 aromatic carbocycles. The van der Waals surface area contributed by atoms with Gasteiger partial charge in [0.25, 0.3) is 0 Å². The molecule has 0 spiro atoms. The van der Waals surface area contributed by atoms with Crippen LogP contribution < -0.4 is 0 Å². The third-order valence-electron chi connectivity index (χ3n) is 1.01. The van der Waals surface area contributed by atoms with Crippen LogP contribution >= 0.6 is 0 Å².